The summed E-state index contributed by atoms with van der Waals surface area (Å²) in [6.45, 7) is 3.41. The molecule has 1 atom stereocenters. The Labute approximate surface area is 192 Å². The van der Waals surface area contributed by atoms with Crippen molar-refractivity contribution in [2.45, 2.75) is 33.0 Å². The Balaban J connectivity index is 1.27. The van der Waals surface area contributed by atoms with Crippen molar-refractivity contribution >= 4 is 23.4 Å². The van der Waals surface area contributed by atoms with Crippen LogP contribution in [0.5, 0.6) is 0 Å². The smallest absolute Gasteiger partial charge is 0.246 e. The molecule has 0 aliphatic carbocycles. The highest BCUT2D eigenvalue weighted by molar-refractivity contribution is 5.91. The minimum absolute atomic E-state index is 0.00221. The average molecular weight is 446 g/mol. The number of aryl methyl sites for hydroxylation is 1. The van der Waals surface area contributed by atoms with E-state index in [2.05, 4.69) is 15.7 Å². The minimum atomic E-state index is -0.361. The highest BCUT2D eigenvalue weighted by Crippen LogP contribution is 2.21. The average Bonchev–Trinajstić information content (AvgIpc) is 3.43. The van der Waals surface area contributed by atoms with Crippen molar-refractivity contribution < 1.29 is 14.4 Å². The highest BCUT2D eigenvalue weighted by atomic mass is 16.2. The van der Waals surface area contributed by atoms with Crippen LogP contribution in [0.3, 0.4) is 0 Å². The molecule has 1 aliphatic heterocycles. The van der Waals surface area contributed by atoms with Crippen LogP contribution in [0.2, 0.25) is 0 Å². The summed E-state index contributed by atoms with van der Waals surface area (Å²) in [5.41, 5.74) is 3.74. The molecule has 1 unspecified atom stereocenters. The van der Waals surface area contributed by atoms with Crippen molar-refractivity contribution in [2.24, 2.45) is 5.92 Å². The number of anilines is 1. The molecular formula is C25H27N5O3. The second-order valence-corrected chi connectivity index (χ2v) is 8.33. The molecule has 3 aromatic rings. The van der Waals surface area contributed by atoms with E-state index in [1.165, 1.54) is 5.56 Å². The van der Waals surface area contributed by atoms with Gasteiger partial charge in [0.25, 0.3) is 0 Å². The van der Waals surface area contributed by atoms with E-state index in [1.807, 2.05) is 49.4 Å². The van der Waals surface area contributed by atoms with Crippen LogP contribution in [-0.4, -0.2) is 38.9 Å². The van der Waals surface area contributed by atoms with Crippen LogP contribution < -0.4 is 10.6 Å². The molecule has 0 radical (unpaired) electrons. The zero-order valence-corrected chi connectivity index (χ0v) is 18.5. The summed E-state index contributed by atoms with van der Waals surface area (Å²) in [7, 11) is 0. The minimum Gasteiger partial charge on any atom is -0.352 e. The Morgan fingerprint density at radius 2 is 1.91 bits per heavy atom. The normalized spacial score (nSPS) is 15.5. The molecule has 2 N–H and O–H groups in total. The number of amides is 3. The monoisotopic (exact) mass is 445 g/mol. The van der Waals surface area contributed by atoms with E-state index in [-0.39, 0.29) is 36.6 Å². The summed E-state index contributed by atoms with van der Waals surface area (Å²) in [6, 6.07) is 17.2. The van der Waals surface area contributed by atoms with E-state index >= 15 is 0 Å². The molecule has 3 amide bonds. The molecular weight excluding hydrogens is 418 g/mol. The molecule has 170 valence electrons. The van der Waals surface area contributed by atoms with E-state index in [0.717, 1.165) is 11.1 Å². The lowest BCUT2D eigenvalue weighted by Gasteiger charge is -2.17. The Morgan fingerprint density at radius 3 is 2.67 bits per heavy atom. The lowest BCUT2D eigenvalue weighted by atomic mass is 10.1. The zero-order chi connectivity index (χ0) is 23.2. The highest BCUT2D eigenvalue weighted by Gasteiger charge is 2.34. The molecule has 1 aromatic heterocycles. The topological polar surface area (TPSA) is 96.3 Å². The Morgan fingerprint density at radius 1 is 1.09 bits per heavy atom. The van der Waals surface area contributed by atoms with Gasteiger partial charge in [0.05, 0.1) is 5.92 Å². The summed E-state index contributed by atoms with van der Waals surface area (Å²) in [5, 5.41) is 9.78. The van der Waals surface area contributed by atoms with E-state index < -0.39 is 0 Å². The van der Waals surface area contributed by atoms with Crippen LogP contribution >= 0.6 is 0 Å². The zero-order valence-electron chi connectivity index (χ0n) is 18.5. The second kappa shape index (κ2) is 10.1. The fraction of sp³-hybridized carbons (Fsp3) is 0.280. The van der Waals surface area contributed by atoms with Crippen LogP contribution in [0.1, 0.15) is 23.1 Å². The first-order valence-electron chi connectivity index (χ1n) is 10.9. The maximum atomic E-state index is 12.7. The summed E-state index contributed by atoms with van der Waals surface area (Å²) < 4.78 is 1.55. The van der Waals surface area contributed by atoms with Crippen LogP contribution in [0.15, 0.2) is 67.0 Å². The molecule has 0 bridgehead atoms. The Kier molecular flexibility index (Phi) is 6.83. The number of benzene rings is 2. The molecule has 33 heavy (non-hydrogen) atoms. The third-order valence-electron chi connectivity index (χ3n) is 5.62. The maximum absolute atomic E-state index is 12.7. The van der Waals surface area contributed by atoms with Gasteiger partial charge in [-0.25, -0.2) is 0 Å². The first kappa shape index (κ1) is 22.3. The summed E-state index contributed by atoms with van der Waals surface area (Å²) in [6.07, 6.45) is 3.57. The lowest BCUT2D eigenvalue weighted by molar-refractivity contribution is -0.129. The molecule has 4 rings (SSSR count). The van der Waals surface area contributed by atoms with Gasteiger partial charge < -0.3 is 15.5 Å². The maximum Gasteiger partial charge on any atom is 0.246 e. The molecule has 8 heteroatoms. The number of nitrogens with zero attached hydrogens (tertiary/aromatic N) is 3. The van der Waals surface area contributed by atoms with Gasteiger partial charge in [0, 0.05) is 44.1 Å². The van der Waals surface area contributed by atoms with Gasteiger partial charge in [-0.3, -0.25) is 19.1 Å². The standard InChI is InChI=1S/C25H27N5O3/c1-18-6-8-19(9-7-18)15-29-16-21(13-24(29)32)25(33)26-14-20-4-2-5-22(12-20)28-23(31)17-30-11-3-10-27-30/h2-12,21H,13-17H2,1H3,(H,26,33)(H,28,31). The SMILES string of the molecule is Cc1ccc(CN2CC(C(=O)NCc3cccc(NC(=O)Cn4cccn4)c3)CC2=O)cc1. The first-order valence-corrected chi connectivity index (χ1v) is 10.9. The molecule has 1 saturated heterocycles. The van der Waals surface area contributed by atoms with Gasteiger partial charge in [-0.15, -0.1) is 0 Å². The summed E-state index contributed by atoms with van der Waals surface area (Å²) >= 11 is 0. The fourth-order valence-corrected chi connectivity index (χ4v) is 3.85. The van der Waals surface area contributed by atoms with E-state index in [0.29, 0.717) is 25.3 Å². The van der Waals surface area contributed by atoms with Crippen LogP contribution in [0.25, 0.3) is 0 Å². The lowest BCUT2D eigenvalue weighted by Crippen LogP contribution is -2.32. The van der Waals surface area contributed by atoms with Crippen LogP contribution in [-0.2, 0) is 34.0 Å². The number of aromatic nitrogens is 2. The first-order chi connectivity index (χ1) is 16.0. The van der Waals surface area contributed by atoms with Crippen molar-refractivity contribution in [3.63, 3.8) is 0 Å². The van der Waals surface area contributed by atoms with Gasteiger partial charge in [-0.1, -0.05) is 42.0 Å². The van der Waals surface area contributed by atoms with Crippen molar-refractivity contribution in [3.8, 4) is 0 Å². The van der Waals surface area contributed by atoms with E-state index in [9.17, 15) is 14.4 Å². The molecule has 2 heterocycles. The number of carbonyl (C=O) groups excluding carboxylic acids is 3. The molecule has 1 fully saturated rings. The van der Waals surface area contributed by atoms with E-state index in [4.69, 9.17) is 0 Å². The molecule has 1 aliphatic rings. The fourth-order valence-electron chi connectivity index (χ4n) is 3.85. The van der Waals surface area contributed by atoms with Crippen molar-refractivity contribution in [3.05, 3.63) is 83.7 Å². The second-order valence-electron chi connectivity index (χ2n) is 8.33. The van der Waals surface area contributed by atoms with Crippen LogP contribution in [0, 0.1) is 12.8 Å². The Bertz CT molecular complexity index is 1130. The number of carbonyl (C=O) groups is 3. The van der Waals surface area contributed by atoms with Gasteiger partial charge in [0.2, 0.25) is 17.7 Å². The third kappa shape index (κ3) is 6.06. The van der Waals surface area contributed by atoms with Gasteiger partial charge in [-0.05, 0) is 36.2 Å². The predicted molar refractivity (Wildman–Crippen MR) is 124 cm³/mol. The van der Waals surface area contributed by atoms with Crippen LogP contribution in [0.4, 0.5) is 5.69 Å². The van der Waals surface area contributed by atoms with Gasteiger partial charge in [0.15, 0.2) is 0 Å². The third-order valence-corrected chi connectivity index (χ3v) is 5.62. The summed E-state index contributed by atoms with van der Waals surface area (Å²) in [5.74, 6) is -0.682. The molecule has 8 nitrogen and oxygen atoms in total. The molecule has 2 aromatic carbocycles. The van der Waals surface area contributed by atoms with Crippen molar-refractivity contribution in [1.82, 2.24) is 20.0 Å². The molecule has 0 spiro atoms. The van der Waals surface area contributed by atoms with Gasteiger partial charge >= 0.3 is 0 Å². The van der Waals surface area contributed by atoms with Gasteiger partial charge in [-0.2, -0.15) is 5.10 Å². The van der Waals surface area contributed by atoms with Gasteiger partial charge in [0.1, 0.15) is 6.54 Å². The van der Waals surface area contributed by atoms with E-state index in [1.54, 1.807) is 34.1 Å². The predicted octanol–water partition coefficient (Wildman–Crippen LogP) is 2.50. The number of hydrogen-bond donors (Lipinski definition) is 2. The largest absolute Gasteiger partial charge is 0.352 e. The molecule has 0 saturated carbocycles. The Hall–Kier alpha value is -3.94. The van der Waals surface area contributed by atoms with Crippen molar-refractivity contribution in [1.29, 1.82) is 0 Å². The van der Waals surface area contributed by atoms with Crippen molar-refractivity contribution in [2.75, 3.05) is 11.9 Å². The number of likely N-dealkylation sites (tertiary alicyclic amines) is 1. The summed E-state index contributed by atoms with van der Waals surface area (Å²) in [4.78, 5) is 39.0. The number of hydrogen-bond acceptors (Lipinski definition) is 4. The number of rotatable bonds is 8. The quantitative estimate of drug-likeness (QED) is 0.557. The number of nitrogens with one attached hydrogen (secondary N) is 2.